The minimum atomic E-state index is -0.593. The van der Waals surface area contributed by atoms with E-state index in [0.717, 1.165) is 37.1 Å². The average molecular weight is 482 g/mol. The summed E-state index contributed by atoms with van der Waals surface area (Å²) >= 11 is 12.3. The number of nitrogens with one attached hydrogen (secondary N) is 2. The van der Waals surface area contributed by atoms with Crippen LogP contribution < -0.4 is 16.4 Å². The van der Waals surface area contributed by atoms with Crippen LogP contribution in [0.5, 0.6) is 0 Å². The number of allylic oxidation sites excluding steroid dienone is 1. The molecular formula is C23H30Cl2FN5O. The van der Waals surface area contributed by atoms with Crippen molar-refractivity contribution in [3.05, 3.63) is 69.2 Å². The third-order valence-electron chi connectivity index (χ3n) is 5.48. The lowest BCUT2D eigenvalue weighted by atomic mass is 10.1. The number of hydrogen-bond acceptors (Lipinski definition) is 5. The number of aromatic nitrogens is 2. The molecule has 1 atom stereocenters. The first-order valence-corrected chi connectivity index (χ1v) is 11.7. The van der Waals surface area contributed by atoms with Crippen molar-refractivity contribution in [3.63, 3.8) is 0 Å². The Kier molecular flexibility index (Phi) is 8.45. The van der Waals surface area contributed by atoms with Gasteiger partial charge in [0.2, 0.25) is 0 Å². The highest BCUT2D eigenvalue weighted by atomic mass is 35.5. The number of nitrogens with two attached hydrogens (primary N) is 1. The molecule has 1 saturated heterocycles. The molecule has 0 saturated carbocycles. The lowest BCUT2D eigenvalue weighted by Gasteiger charge is -2.24. The molecule has 1 aromatic heterocycles. The number of piperidine rings is 1. The van der Waals surface area contributed by atoms with Gasteiger partial charge in [-0.05, 0) is 56.6 Å². The Morgan fingerprint density at radius 1 is 1.25 bits per heavy atom. The molecular weight excluding hydrogens is 452 g/mol. The van der Waals surface area contributed by atoms with E-state index in [2.05, 4.69) is 21.9 Å². The number of dihydropyridines is 1. The summed E-state index contributed by atoms with van der Waals surface area (Å²) in [7, 11) is 0. The van der Waals surface area contributed by atoms with Crippen LogP contribution in [0.1, 0.15) is 56.9 Å². The normalized spacial score (nSPS) is 17.8. The monoisotopic (exact) mass is 481 g/mol. The first kappa shape index (κ1) is 24.4. The molecule has 2 aliphatic rings. The second-order valence-electron chi connectivity index (χ2n) is 7.51. The molecule has 0 radical (unpaired) electrons. The van der Waals surface area contributed by atoms with Gasteiger partial charge in [-0.15, -0.1) is 0 Å². The van der Waals surface area contributed by atoms with E-state index in [4.69, 9.17) is 33.7 Å². The Hall–Kier alpha value is -2.22. The van der Waals surface area contributed by atoms with Crippen LogP contribution in [0, 0.1) is 5.82 Å². The van der Waals surface area contributed by atoms with E-state index in [1.54, 1.807) is 6.92 Å². The van der Waals surface area contributed by atoms with Crippen molar-refractivity contribution in [3.8, 4) is 0 Å². The maximum Gasteiger partial charge on any atom is 0.160 e. The molecule has 0 spiro atoms. The molecule has 0 unspecified atom stereocenters. The van der Waals surface area contributed by atoms with E-state index in [9.17, 15) is 4.39 Å². The average Bonchev–Trinajstić information content (AvgIpc) is 3.30. The number of ether oxygens (including phenoxy) is 1. The molecule has 1 fully saturated rings. The van der Waals surface area contributed by atoms with Crippen molar-refractivity contribution >= 4 is 28.8 Å². The van der Waals surface area contributed by atoms with E-state index in [-0.39, 0.29) is 5.02 Å². The third-order valence-corrected chi connectivity index (χ3v) is 6.20. The third kappa shape index (κ3) is 5.39. The standard InChI is InChI=1S/C21H24Cl2FN5O.C2H6/c1-12(19-16(22)2-3-17(24)20(19)23)30-18-8-13(9-27-21(18)25)14-10-28-29(11-14)15-4-6-26-7-5-15;1-2/h2-3,8,10-12,15,26-27H,4-7,9,25H2,1H3;1-2H3/t12-;/m1./s1. The zero-order valence-corrected chi connectivity index (χ0v) is 20.1. The highest BCUT2D eigenvalue weighted by Crippen LogP contribution is 2.36. The van der Waals surface area contributed by atoms with Gasteiger partial charge < -0.3 is 21.1 Å². The van der Waals surface area contributed by atoms with Gasteiger partial charge in [-0.2, -0.15) is 5.10 Å². The topological polar surface area (TPSA) is 77.1 Å². The number of benzene rings is 1. The lowest BCUT2D eigenvalue weighted by molar-refractivity contribution is 0.138. The summed E-state index contributed by atoms with van der Waals surface area (Å²) < 4.78 is 22.0. The van der Waals surface area contributed by atoms with E-state index >= 15 is 0 Å². The Bertz CT molecular complexity index is 998. The van der Waals surface area contributed by atoms with E-state index in [1.165, 1.54) is 12.1 Å². The Morgan fingerprint density at radius 2 is 1.97 bits per heavy atom. The molecule has 2 aliphatic heterocycles. The first-order chi connectivity index (χ1) is 15.4. The largest absolute Gasteiger partial charge is 0.482 e. The zero-order valence-electron chi connectivity index (χ0n) is 18.6. The fraction of sp³-hybridized carbons (Fsp3) is 0.435. The number of hydrogen-bond donors (Lipinski definition) is 3. The summed E-state index contributed by atoms with van der Waals surface area (Å²) in [5, 5.41) is 11.4. The van der Waals surface area contributed by atoms with Crippen molar-refractivity contribution in [2.45, 2.75) is 45.8 Å². The lowest BCUT2D eigenvalue weighted by Crippen LogP contribution is -2.29. The molecule has 2 aromatic rings. The molecule has 1 aromatic carbocycles. The number of nitrogens with zero attached hydrogens (tertiary/aromatic N) is 2. The molecule has 9 heteroatoms. The molecule has 6 nitrogen and oxygen atoms in total. The van der Waals surface area contributed by atoms with Gasteiger partial charge in [-0.3, -0.25) is 4.68 Å². The summed E-state index contributed by atoms with van der Waals surface area (Å²) in [6.07, 6.45) is 7.33. The zero-order chi connectivity index (χ0) is 23.3. The van der Waals surface area contributed by atoms with Gasteiger partial charge in [0, 0.05) is 28.9 Å². The van der Waals surface area contributed by atoms with Gasteiger partial charge in [0.1, 0.15) is 17.7 Å². The Balaban J connectivity index is 0.00000141. The van der Waals surface area contributed by atoms with Crippen LogP contribution in [0.2, 0.25) is 10.0 Å². The second kappa shape index (κ2) is 11.1. The molecule has 0 amide bonds. The Labute approximate surface area is 198 Å². The molecule has 32 heavy (non-hydrogen) atoms. The molecule has 0 aliphatic carbocycles. The smallest absolute Gasteiger partial charge is 0.160 e. The maximum absolute atomic E-state index is 13.9. The highest BCUT2D eigenvalue weighted by Gasteiger charge is 2.23. The van der Waals surface area contributed by atoms with E-state index in [1.807, 2.05) is 30.8 Å². The second-order valence-corrected chi connectivity index (χ2v) is 8.29. The van der Waals surface area contributed by atoms with Gasteiger partial charge in [0.25, 0.3) is 0 Å². The van der Waals surface area contributed by atoms with Crippen LogP contribution in [0.25, 0.3) is 5.57 Å². The van der Waals surface area contributed by atoms with Gasteiger partial charge in [-0.1, -0.05) is 37.0 Å². The molecule has 0 bridgehead atoms. The quantitative estimate of drug-likeness (QED) is 0.513. The predicted molar refractivity (Wildman–Crippen MR) is 128 cm³/mol. The van der Waals surface area contributed by atoms with Crippen molar-refractivity contribution < 1.29 is 9.13 Å². The van der Waals surface area contributed by atoms with E-state index in [0.29, 0.717) is 34.8 Å². The summed E-state index contributed by atoms with van der Waals surface area (Å²) in [4.78, 5) is 0. The van der Waals surface area contributed by atoms with Crippen molar-refractivity contribution in [2.75, 3.05) is 19.6 Å². The van der Waals surface area contributed by atoms with Crippen LogP contribution in [0.4, 0.5) is 4.39 Å². The SMILES string of the molecule is CC.C[C@@H](OC1=C(N)NCC(c2cnn(C3CCNCC3)c2)=C1)c1c(Cl)ccc(F)c1Cl. The van der Waals surface area contributed by atoms with Gasteiger partial charge in [-0.25, -0.2) is 4.39 Å². The maximum atomic E-state index is 13.9. The van der Waals surface area contributed by atoms with E-state index < -0.39 is 11.9 Å². The number of halogens is 3. The molecule has 174 valence electrons. The summed E-state index contributed by atoms with van der Waals surface area (Å²) in [5.41, 5.74) is 8.50. The van der Waals surface area contributed by atoms with Crippen LogP contribution in [-0.4, -0.2) is 29.4 Å². The summed E-state index contributed by atoms with van der Waals surface area (Å²) in [5.74, 6) is 0.312. The minimum Gasteiger partial charge on any atom is -0.482 e. The molecule has 4 N–H and O–H groups in total. The van der Waals surface area contributed by atoms with Crippen LogP contribution in [0.3, 0.4) is 0 Å². The number of rotatable bonds is 5. The molecule has 3 heterocycles. The van der Waals surface area contributed by atoms with Crippen molar-refractivity contribution in [2.24, 2.45) is 5.73 Å². The first-order valence-electron chi connectivity index (χ1n) is 10.9. The van der Waals surface area contributed by atoms with Crippen LogP contribution >= 0.6 is 23.2 Å². The van der Waals surface area contributed by atoms with Gasteiger partial charge in [0.05, 0.1) is 17.3 Å². The summed E-state index contributed by atoms with van der Waals surface area (Å²) in [6.45, 7) is 8.32. The van der Waals surface area contributed by atoms with Crippen molar-refractivity contribution in [1.82, 2.24) is 20.4 Å². The fourth-order valence-corrected chi connectivity index (χ4v) is 4.46. The molecule has 4 rings (SSSR count). The minimum absolute atomic E-state index is 0.0506. The Morgan fingerprint density at radius 3 is 2.69 bits per heavy atom. The van der Waals surface area contributed by atoms with Crippen LogP contribution in [0.15, 0.2) is 42.2 Å². The van der Waals surface area contributed by atoms with Gasteiger partial charge >= 0.3 is 0 Å². The highest BCUT2D eigenvalue weighted by molar-refractivity contribution is 6.36. The van der Waals surface area contributed by atoms with Crippen LogP contribution in [-0.2, 0) is 4.74 Å². The van der Waals surface area contributed by atoms with Crippen molar-refractivity contribution in [1.29, 1.82) is 0 Å². The summed E-state index contributed by atoms with van der Waals surface area (Å²) in [6, 6.07) is 3.10. The van der Waals surface area contributed by atoms with Gasteiger partial charge in [0.15, 0.2) is 5.76 Å². The fourth-order valence-electron chi connectivity index (χ4n) is 3.79. The predicted octanol–water partition coefficient (Wildman–Crippen LogP) is 5.17.